The average molecular weight is 304 g/mol. The van der Waals surface area contributed by atoms with Crippen LogP contribution in [0.25, 0.3) is 6.08 Å². The molecular formula is C17H14F2O3. The first-order valence-corrected chi connectivity index (χ1v) is 6.64. The first kappa shape index (κ1) is 15.7. The lowest BCUT2D eigenvalue weighted by atomic mass is 10.1. The van der Waals surface area contributed by atoms with Crippen LogP contribution in [0, 0.1) is 11.6 Å². The van der Waals surface area contributed by atoms with Gasteiger partial charge >= 0.3 is 0 Å². The first-order valence-electron chi connectivity index (χ1n) is 6.64. The van der Waals surface area contributed by atoms with Gasteiger partial charge in [-0.3, -0.25) is 4.79 Å². The van der Waals surface area contributed by atoms with Crippen LogP contribution in [0.3, 0.4) is 0 Å². The van der Waals surface area contributed by atoms with Crippen LogP contribution in [0.1, 0.15) is 22.8 Å². The molecule has 0 heterocycles. The van der Waals surface area contributed by atoms with Gasteiger partial charge in [-0.15, -0.1) is 0 Å². The highest BCUT2D eigenvalue weighted by Gasteiger charge is 2.10. The Hall–Kier alpha value is -2.69. The molecule has 0 fully saturated rings. The predicted octanol–water partition coefficient (Wildman–Crippen LogP) is 3.97. The molecule has 0 spiro atoms. The fraction of sp³-hybridized carbons (Fsp3) is 0.118. The Morgan fingerprint density at radius 1 is 1.23 bits per heavy atom. The number of halogens is 2. The normalized spacial score (nSPS) is 10.9. The van der Waals surface area contributed by atoms with Gasteiger partial charge in [-0.25, -0.2) is 8.78 Å². The summed E-state index contributed by atoms with van der Waals surface area (Å²) in [6, 6.07) is 7.37. The molecule has 0 saturated heterocycles. The molecule has 0 radical (unpaired) electrons. The number of benzene rings is 2. The van der Waals surface area contributed by atoms with Crippen LogP contribution in [0.4, 0.5) is 8.78 Å². The van der Waals surface area contributed by atoms with Crippen molar-refractivity contribution < 1.29 is 23.4 Å². The molecule has 3 nitrogen and oxygen atoms in total. The van der Waals surface area contributed by atoms with Crippen LogP contribution in [0.2, 0.25) is 0 Å². The lowest BCUT2D eigenvalue weighted by Gasteiger charge is -2.06. The summed E-state index contributed by atoms with van der Waals surface area (Å²) in [5, 5.41) is 9.58. The Kier molecular flexibility index (Phi) is 4.88. The van der Waals surface area contributed by atoms with Gasteiger partial charge in [-0.1, -0.05) is 12.1 Å². The van der Waals surface area contributed by atoms with Gasteiger partial charge in [0, 0.05) is 6.07 Å². The van der Waals surface area contributed by atoms with Gasteiger partial charge in [-0.2, -0.15) is 0 Å². The number of ketones is 1. The topological polar surface area (TPSA) is 46.5 Å². The molecule has 2 aromatic rings. The zero-order chi connectivity index (χ0) is 16.1. The number of phenolic OH excluding ortho intramolecular Hbond substituents is 1. The van der Waals surface area contributed by atoms with E-state index in [-0.39, 0.29) is 11.3 Å². The Bertz CT molecular complexity index is 724. The molecule has 1 N–H and O–H groups in total. The van der Waals surface area contributed by atoms with E-state index in [0.717, 1.165) is 12.1 Å². The van der Waals surface area contributed by atoms with Crippen LogP contribution < -0.4 is 4.74 Å². The molecule has 0 aliphatic carbocycles. The molecule has 0 bridgehead atoms. The molecule has 0 aliphatic rings. The second-order valence-electron chi connectivity index (χ2n) is 4.48. The van der Waals surface area contributed by atoms with Crippen LogP contribution in [-0.2, 0) is 0 Å². The second-order valence-corrected chi connectivity index (χ2v) is 4.48. The number of phenols is 1. The Morgan fingerprint density at radius 2 is 2.00 bits per heavy atom. The standard InChI is InChI=1S/C17H14F2O3/c1-2-22-17-9-11(4-8-16(17)21)3-7-15(20)13-6-5-12(18)10-14(13)19/h3-10,21H,2H2,1H3/b7-3+. The minimum Gasteiger partial charge on any atom is -0.504 e. The van der Waals surface area contributed by atoms with E-state index in [1.54, 1.807) is 19.1 Å². The summed E-state index contributed by atoms with van der Waals surface area (Å²) in [4.78, 5) is 11.9. The number of aromatic hydroxyl groups is 1. The van der Waals surface area contributed by atoms with Gasteiger partial charge in [0.2, 0.25) is 0 Å². The third kappa shape index (κ3) is 3.69. The van der Waals surface area contributed by atoms with E-state index in [9.17, 15) is 18.7 Å². The van der Waals surface area contributed by atoms with Crippen molar-refractivity contribution in [1.82, 2.24) is 0 Å². The Morgan fingerprint density at radius 3 is 2.68 bits per heavy atom. The minimum absolute atomic E-state index is 0.00472. The van der Waals surface area contributed by atoms with Crippen LogP contribution in [-0.4, -0.2) is 17.5 Å². The number of hydrogen-bond donors (Lipinski definition) is 1. The van der Waals surface area contributed by atoms with E-state index in [1.165, 1.54) is 18.2 Å². The highest BCUT2D eigenvalue weighted by Crippen LogP contribution is 2.27. The van der Waals surface area contributed by atoms with Crippen LogP contribution >= 0.6 is 0 Å². The Labute approximate surface area is 126 Å². The third-order valence-electron chi connectivity index (χ3n) is 2.91. The highest BCUT2D eigenvalue weighted by molar-refractivity contribution is 6.07. The molecule has 0 unspecified atom stereocenters. The van der Waals surface area contributed by atoms with E-state index in [4.69, 9.17) is 4.74 Å². The quantitative estimate of drug-likeness (QED) is 0.671. The van der Waals surface area contributed by atoms with E-state index >= 15 is 0 Å². The molecular weight excluding hydrogens is 290 g/mol. The second kappa shape index (κ2) is 6.85. The highest BCUT2D eigenvalue weighted by atomic mass is 19.1. The number of allylic oxidation sites excluding steroid dienone is 1. The van der Waals surface area contributed by atoms with Gasteiger partial charge in [0.25, 0.3) is 0 Å². The Balaban J connectivity index is 2.20. The molecule has 2 rings (SSSR count). The maximum atomic E-state index is 13.5. The summed E-state index contributed by atoms with van der Waals surface area (Å²) in [5.74, 6) is -1.93. The van der Waals surface area contributed by atoms with Crippen molar-refractivity contribution in [1.29, 1.82) is 0 Å². The van der Waals surface area contributed by atoms with Crippen LogP contribution in [0.15, 0.2) is 42.5 Å². The van der Waals surface area contributed by atoms with E-state index in [0.29, 0.717) is 24.0 Å². The van der Waals surface area contributed by atoms with Crippen molar-refractivity contribution >= 4 is 11.9 Å². The van der Waals surface area contributed by atoms with Crippen molar-refractivity contribution in [2.75, 3.05) is 6.61 Å². The van der Waals surface area contributed by atoms with Gasteiger partial charge in [0.05, 0.1) is 12.2 Å². The zero-order valence-electron chi connectivity index (χ0n) is 11.8. The van der Waals surface area contributed by atoms with Crippen molar-refractivity contribution in [2.45, 2.75) is 6.92 Å². The fourth-order valence-corrected chi connectivity index (χ4v) is 1.86. The molecule has 0 aliphatic heterocycles. The van der Waals surface area contributed by atoms with Crippen molar-refractivity contribution in [3.8, 4) is 11.5 Å². The van der Waals surface area contributed by atoms with Crippen molar-refractivity contribution in [2.24, 2.45) is 0 Å². The molecule has 5 heteroatoms. The van der Waals surface area contributed by atoms with E-state index < -0.39 is 17.4 Å². The summed E-state index contributed by atoms with van der Waals surface area (Å²) in [7, 11) is 0. The van der Waals surface area contributed by atoms with E-state index in [2.05, 4.69) is 0 Å². The zero-order valence-corrected chi connectivity index (χ0v) is 11.8. The monoisotopic (exact) mass is 304 g/mol. The lowest BCUT2D eigenvalue weighted by molar-refractivity contribution is 0.104. The summed E-state index contributed by atoms with van der Waals surface area (Å²) >= 11 is 0. The smallest absolute Gasteiger partial charge is 0.188 e. The number of hydrogen-bond acceptors (Lipinski definition) is 3. The van der Waals surface area contributed by atoms with Crippen LogP contribution in [0.5, 0.6) is 11.5 Å². The largest absolute Gasteiger partial charge is 0.504 e. The van der Waals surface area contributed by atoms with Gasteiger partial charge in [0.15, 0.2) is 17.3 Å². The number of ether oxygens (including phenoxy) is 1. The average Bonchev–Trinajstić information content (AvgIpc) is 2.48. The summed E-state index contributed by atoms with van der Waals surface area (Å²) in [6.07, 6.45) is 2.64. The molecule has 114 valence electrons. The third-order valence-corrected chi connectivity index (χ3v) is 2.91. The molecule has 2 aromatic carbocycles. The lowest BCUT2D eigenvalue weighted by Crippen LogP contribution is -1.99. The molecule has 0 amide bonds. The number of rotatable bonds is 5. The minimum atomic E-state index is -0.907. The van der Waals surface area contributed by atoms with Gasteiger partial charge < -0.3 is 9.84 Å². The summed E-state index contributed by atoms with van der Waals surface area (Å²) in [6.45, 7) is 2.17. The van der Waals surface area contributed by atoms with Gasteiger partial charge in [0.1, 0.15) is 11.6 Å². The summed E-state index contributed by atoms with van der Waals surface area (Å²) in [5.41, 5.74) is 0.401. The van der Waals surface area contributed by atoms with Crippen molar-refractivity contribution in [3.63, 3.8) is 0 Å². The number of carbonyl (C=O) groups is 1. The maximum Gasteiger partial charge on any atom is 0.188 e. The predicted molar refractivity (Wildman–Crippen MR) is 79.0 cm³/mol. The molecule has 0 atom stereocenters. The molecule has 22 heavy (non-hydrogen) atoms. The summed E-state index contributed by atoms with van der Waals surface area (Å²) < 4.78 is 31.5. The van der Waals surface area contributed by atoms with Crippen molar-refractivity contribution in [3.05, 3.63) is 65.2 Å². The fourth-order valence-electron chi connectivity index (χ4n) is 1.86. The molecule has 0 aromatic heterocycles. The SMILES string of the molecule is CCOc1cc(/C=C/C(=O)c2ccc(F)cc2F)ccc1O. The molecule has 0 saturated carbocycles. The van der Waals surface area contributed by atoms with E-state index in [1.807, 2.05) is 0 Å². The van der Waals surface area contributed by atoms with Gasteiger partial charge in [-0.05, 0) is 42.8 Å². The first-order chi connectivity index (χ1) is 10.5. The number of carbonyl (C=O) groups excluding carboxylic acids is 1. The maximum absolute atomic E-state index is 13.5.